The molecule has 1 aliphatic heterocycles. The van der Waals surface area contributed by atoms with E-state index in [0.29, 0.717) is 0 Å². The number of hydrogen-bond donors (Lipinski definition) is 3. The first-order valence-corrected chi connectivity index (χ1v) is 8.58. The van der Waals surface area contributed by atoms with Crippen LogP contribution in [0.4, 0.5) is 0 Å². The van der Waals surface area contributed by atoms with Crippen molar-refractivity contribution in [3.8, 4) is 23.0 Å². The maximum atomic E-state index is 9.91. The first kappa shape index (κ1) is 15.8. The fourth-order valence-electron chi connectivity index (χ4n) is 3.31. The van der Waals surface area contributed by atoms with Gasteiger partial charge in [-0.05, 0) is 53.6 Å². The Morgan fingerprint density at radius 3 is 2.08 bits per heavy atom. The van der Waals surface area contributed by atoms with Gasteiger partial charge in [0, 0.05) is 16.1 Å². The molecule has 1 heterocycles. The number of hydrogen-bond acceptors (Lipinski definition) is 4. The van der Waals surface area contributed by atoms with E-state index in [2.05, 4.69) is 15.9 Å². The van der Waals surface area contributed by atoms with Crippen LogP contribution < -0.4 is 4.74 Å². The Morgan fingerprint density at radius 2 is 1.40 bits per heavy atom. The van der Waals surface area contributed by atoms with Gasteiger partial charge in [0.1, 0.15) is 29.1 Å². The number of phenols is 3. The van der Waals surface area contributed by atoms with Gasteiger partial charge in [-0.25, -0.2) is 0 Å². The number of phenolic OH excluding ortho intramolecular Hbond substituents is 3. The first-order chi connectivity index (χ1) is 12.0. The average Bonchev–Trinajstić information content (AvgIpc) is 2.93. The van der Waals surface area contributed by atoms with E-state index in [4.69, 9.17) is 4.74 Å². The quantitative estimate of drug-likeness (QED) is 0.577. The lowest BCUT2D eigenvalue weighted by Gasteiger charge is -2.20. The zero-order valence-electron chi connectivity index (χ0n) is 13.1. The normalized spacial score (nSPS) is 18.6. The Labute approximate surface area is 153 Å². The van der Waals surface area contributed by atoms with Crippen LogP contribution in [0.5, 0.6) is 23.0 Å². The monoisotopic (exact) mass is 398 g/mol. The summed E-state index contributed by atoms with van der Waals surface area (Å²) in [7, 11) is 0. The van der Waals surface area contributed by atoms with Crippen LogP contribution in [-0.2, 0) is 0 Å². The molecule has 0 radical (unpaired) electrons. The Kier molecular flexibility index (Phi) is 3.81. The number of ether oxygens (including phenoxy) is 1. The molecule has 126 valence electrons. The number of benzene rings is 3. The zero-order valence-corrected chi connectivity index (χ0v) is 14.6. The lowest BCUT2D eigenvalue weighted by atomic mass is 9.85. The molecule has 0 fully saturated rings. The van der Waals surface area contributed by atoms with Gasteiger partial charge in [-0.15, -0.1) is 0 Å². The van der Waals surface area contributed by atoms with Gasteiger partial charge >= 0.3 is 0 Å². The summed E-state index contributed by atoms with van der Waals surface area (Å²) in [5, 5.41) is 29.4. The van der Waals surface area contributed by atoms with E-state index in [-0.39, 0.29) is 29.3 Å². The zero-order chi connectivity index (χ0) is 17.6. The molecule has 3 aromatic carbocycles. The van der Waals surface area contributed by atoms with E-state index in [9.17, 15) is 15.3 Å². The number of halogens is 1. The van der Waals surface area contributed by atoms with Crippen LogP contribution in [0.15, 0.2) is 65.1 Å². The number of fused-ring (bicyclic) bond motifs is 1. The second-order valence-corrected chi connectivity index (χ2v) is 6.99. The molecule has 4 rings (SSSR count). The summed E-state index contributed by atoms with van der Waals surface area (Å²) in [5.74, 6) is 0.753. The first-order valence-electron chi connectivity index (χ1n) is 7.79. The van der Waals surface area contributed by atoms with Crippen molar-refractivity contribution in [2.24, 2.45) is 0 Å². The second kappa shape index (κ2) is 6.01. The molecular weight excluding hydrogens is 384 g/mol. The third kappa shape index (κ3) is 2.91. The molecule has 0 spiro atoms. The van der Waals surface area contributed by atoms with Gasteiger partial charge in [0.05, 0.1) is 5.92 Å². The smallest absolute Gasteiger partial charge is 0.135 e. The van der Waals surface area contributed by atoms with Gasteiger partial charge < -0.3 is 20.1 Å². The topological polar surface area (TPSA) is 69.9 Å². The molecule has 1 aliphatic rings. The summed E-state index contributed by atoms with van der Waals surface area (Å²) in [6.07, 6.45) is -0.328. The summed E-state index contributed by atoms with van der Waals surface area (Å²) in [5.41, 5.74) is 2.63. The van der Waals surface area contributed by atoms with Gasteiger partial charge in [0.15, 0.2) is 0 Å². The van der Waals surface area contributed by atoms with Gasteiger partial charge in [0.2, 0.25) is 0 Å². The number of aromatic hydroxyl groups is 3. The van der Waals surface area contributed by atoms with E-state index in [1.54, 1.807) is 24.3 Å². The Balaban J connectivity index is 1.88. The van der Waals surface area contributed by atoms with Crippen LogP contribution in [0.1, 0.15) is 28.7 Å². The standard InChI is InChI=1S/C20H15BrO4/c21-13-3-6-18-17(9-13)19(12-7-15(23)10-16(24)8-12)20(25-18)11-1-4-14(22)5-2-11/h1-10,19-20,22-24H/t19-,20+/m0/s1. The lowest BCUT2D eigenvalue weighted by Crippen LogP contribution is -2.11. The molecule has 0 aromatic heterocycles. The van der Waals surface area contributed by atoms with Crippen LogP contribution in [0, 0.1) is 0 Å². The third-order valence-electron chi connectivity index (χ3n) is 4.37. The molecule has 3 aromatic rings. The van der Waals surface area contributed by atoms with Crippen LogP contribution >= 0.6 is 15.9 Å². The lowest BCUT2D eigenvalue weighted by molar-refractivity contribution is 0.222. The minimum absolute atomic E-state index is 0.00269. The van der Waals surface area contributed by atoms with Gasteiger partial charge in [-0.3, -0.25) is 0 Å². The Bertz CT molecular complexity index is 917. The van der Waals surface area contributed by atoms with Crippen molar-refractivity contribution in [1.82, 2.24) is 0 Å². The van der Waals surface area contributed by atoms with Crippen molar-refractivity contribution in [1.29, 1.82) is 0 Å². The van der Waals surface area contributed by atoms with Gasteiger partial charge in [-0.1, -0.05) is 28.1 Å². The third-order valence-corrected chi connectivity index (χ3v) is 4.86. The van der Waals surface area contributed by atoms with Gasteiger partial charge in [-0.2, -0.15) is 0 Å². The highest BCUT2D eigenvalue weighted by Gasteiger charge is 2.37. The summed E-state index contributed by atoms with van der Waals surface area (Å²) >= 11 is 3.49. The molecule has 0 saturated heterocycles. The van der Waals surface area contributed by atoms with E-state index < -0.39 is 0 Å². The molecule has 0 aliphatic carbocycles. The van der Waals surface area contributed by atoms with E-state index in [0.717, 1.165) is 26.9 Å². The molecule has 2 atom stereocenters. The highest BCUT2D eigenvalue weighted by atomic mass is 79.9. The SMILES string of the molecule is Oc1ccc([C@H]2Oc3ccc(Br)cc3[C@@H]2c2cc(O)cc(O)c2)cc1. The highest BCUT2D eigenvalue weighted by Crippen LogP contribution is 2.51. The molecular formula is C20H15BrO4. The second-order valence-electron chi connectivity index (χ2n) is 6.07. The molecule has 0 unspecified atom stereocenters. The molecule has 3 N–H and O–H groups in total. The fourth-order valence-corrected chi connectivity index (χ4v) is 3.69. The maximum absolute atomic E-state index is 9.91. The average molecular weight is 399 g/mol. The van der Waals surface area contributed by atoms with Crippen molar-refractivity contribution in [2.75, 3.05) is 0 Å². The van der Waals surface area contributed by atoms with Crippen molar-refractivity contribution < 1.29 is 20.1 Å². The van der Waals surface area contributed by atoms with Crippen molar-refractivity contribution in [3.05, 3.63) is 81.8 Å². The van der Waals surface area contributed by atoms with Crippen molar-refractivity contribution in [2.45, 2.75) is 12.0 Å². The fraction of sp³-hybridized carbons (Fsp3) is 0.100. The predicted octanol–water partition coefficient (Wildman–Crippen LogP) is 4.83. The molecule has 25 heavy (non-hydrogen) atoms. The highest BCUT2D eigenvalue weighted by molar-refractivity contribution is 9.10. The summed E-state index contributed by atoms with van der Waals surface area (Å²) in [6.45, 7) is 0. The largest absolute Gasteiger partial charge is 0.508 e. The maximum Gasteiger partial charge on any atom is 0.135 e. The molecule has 5 heteroatoms. The number of rotatable bonds is 2. The summed E-state index contributed by atoms with van der Waals surface area (Å²) in [6, 6.07) is 17.2. The minimum Gasteiger partial charge on any atom is -0.508 e. The van der Waals surface area contributed by atoms with E-state index in [1.165, 1.54) is 6.07 Å². The van der Waals surface area contributed by atoms with Crippen LogP contribution in [-0.4, -0.2) is 15.3 Å². The Morgan fingerprint density at radius 1 is 0.720 bits per heavy atom. The van der Waals surface area contributed by atoms with E-state index in [1.807, 2.05) is 30.3 Å². The van der Waals surface area contributed by atoms with Crippen LogP contribution in [0.3, 0.4) is 0 Å². The van der Waals surface area contributed by atoms with Crippen molar-refractivity contribution in [3.63, 3.8) is 0 Å². The molecule has 0 bridgehead atoms. The van der Waals surface area contributed by atoms with E-state index >= 15 is 0 Å². The van der Waals surface area contributed by atoms with Crippen LogP contribution in [0.25, 0.3) is 0 Å². The summed E-state index contributed by atoms with van der Waals surface area (Å²) in [4.78, 5) is 0. The Hall–Kier alpha value is -2.66. The molecule has 0 amide bonds. The van der Waals surface area contributed by atoms with Crippen molar-refractivity contribution >= 4 is 15.9 Å². The minimum atomic E-state index is -0.328. The summed E-state index contributed by atoms with van der Waals surface area (Å²) < 4.78 is 7.10. The van der Waals surface area contributed by atoms with Crippen LogP contribution in [0.2, 0.25) is 0 Å². The van der Waals surface area contributed by atoms with Gasteiger partial charge in [0.25, 0.3) is 0 Å². The molecule has 0 saturated carbocycles. The molecule has 4 nitrogen and oxygen atoms in total. The predicted molar refractivity (Wildman–Crippen MR) is 97.2 cm³/mol.